The molecule has 9 nitrogen and oxygen atoms in total. The minimum Gasteiger partial charge on any atom is -0.394 e. The maximum absolute atomic E-state index is 6.12. The predicted octanol–water partition coefficient (Wildman–Crippen LogP) is 3.59. The van der Waals surface area contributed by atoms with Crippen LogP contribution in [0.3, 0.4) is 0 Å². The van der Waals surface area contributed by atoms with E-state index in [-0.39, 0.29) is 0 Å². The van der Waals surface area contributed by atoms with Crippen molar-refractivity contribution < 1.29 is 0 Å². The second-order valence-corrected chi connectivity index (χ2v) is 9.60. The highest BCUT2D eigenvalue weighted by Crippen LogP contribution is 2.27. The molecule has 2 aromatic heterocycles. The largest absolute Gasteiger partial charge is 0.394 e. The van der Waals surface area contributed by atoms with Crippen molar-refractivity contribution in [1.29, 1.82) is 0 Å². The monoisotopic (exact) mass is 455 g/mol. The quantitative estimate of drug-likeness (QED) is 0.417. The molecule has 9 heteroatoms. The Morgan fingerprint density at radius 2 is 1.79 bits per heavy atom. The predicted molar refractivity (Wildman–Crippen MR) is 133 cm³/mol. The molecule has 1 saturated carbocycles. The molecule has 2 fully saturated rings. The average Bonchev–Trinajstić information content (AvgIpc) is 3.32. The van der Waals surface area contributed by atoms with E-state index in [0.717, 1.165) is 56.6 Å². The molecule has 0 radical (unpaired) electrons. The van der Waals surface area contributed by atoms with Crippen LogP contribution in [0.25, 0.3) is 0 Å². The highest BCUT2D eigenvalue weighted by molar-refractivity contribution is 5.63. The Morgan fingerprint density at radius 3 is 2.64 bits per heavy atom. The highest BCUT2D eigenvalue weighted by atomic mass is 15.4. The number of nitrogens with one attached hydrogen (secondary N) is 2. The van der Waals surface area contributed by atoms with Crippen LogP contribution in [0.1, 0.15) is 76.3 Å². The number of nitrogens with two attached hydrogens (primary N) is 1. The van der Waals surface area contributed by atoms with Gasteiger partial charge in [0.05, 0.1) is 24.6 Å². The normalized spacial score (nSPS) is 17.4. The first-order chi connectivity index (χ1) is 16.3. The van der Waals surface area contributed by atoms with Gasteiger partial charge in [0.15, 0.2) is 5.82 Å². The first kappa shape index (κ1) is 23.7. The highest BCUT2D eigenvalue weighted by Gasteiger charge is 2.16. The Labute approximate surface area is 197 Å². The smallest absolute Gasteiger partial charge is 0.225 e. The average molecular weight is 456 g/mol. The van der Waals surface area contributed by atoms with Gasteiger partial charge in [-0.05, 0) is 57.5 Å². The molecule has 1 aliphatic heterocycles. The van der Waals surface area contributed by atoms with E-state index in [1.807, 2.05) is 10.9 Å². The molecule has 2 aliphatic rings. The molecule has 33 heavy (non-hydrogen) atoms. The van der Waals surface area contributed by atoms with Crippen LogP contribution < -0.4 is 21.3 Å². The van der Waals surface area contributed by atoms with Crippen molar-refractivity contribution in [2.45, 2.75) is 83.7 Å². The Hall–Kier alpha value is -2.42. The van der Waals surface area contributed by atoms with E-state index in [9.17, 15) is 0 Å². The van der Waals surface area contributed by atoms with Gasteiger partial charge in [-0.25, -0.2) is 4.98 Å². The lowest BCUT2D eigenvalue weighted by Crippen LogP contribution is -2.31. The molecule has 4 N–H and O–H groups in total. The molecule has 0 aromatic carbocycles. The summed E-state index contributed by atoms with van der Waals surface area (Å²) in [5.41, 5.74) is 7.64. The van der Waals surface area contributed by atoms with E-state index in [1.165, 1.54) is 64.2 Å². The zero-order valence-electron chi connectivity index (χ0n) is 20.0. The number of hydrogen-bond donors (Lipinski definition) is 3. The molecule has 1 saturated heterocycles. The van der Waals surface area contributed by atoms with Crippen molar-refractivity contribution in [1.82, 2.24) is 30.3 Å². The molecular weight excluding hydrogens is 414 g/mol. The third-order valence-corrected chi connectivity index (χ3v) is 6.90. The number of rotatable bonds is 12. The third-order valence-electron chi connectivity index (χ3n) is 6.90. The van der Waals surface area contributed by atoms with Gasteiger partial charge in [0.2, 0.25) is 5.95 Å². The fourth-order valence-electron chi connectivity index (χ4n) is 5.01. The summed E-state index contributed by atoms with van der Waals surface area (Å²) in [4.78, 5) is 11.2. The summed E-state index contributed by atoms with van der Waals surface area (Å²) < 4.78 is 1.92. The lowest BCUT2D eigenvalue weighted by atomic mass is 9.86. The fraction of sp³-hybridized carbons (Fsp3) is 0.750. The zero-order valence-corrected chi connectivity index (χ0v) is 20.0. The molecular formula is C24H41N9. The van der Waals surface area contributed by atoms with Crippen LogP contribution in [0.5, 0.6) is 0 Å². The summed E-state index contributed by atoms with van der Waals surface area (Å²) in [7, 11) is 0. The van der Waals surface area contributed by atoms with Gasteiger partial charge in [0.25, 0.3) is 0 Å². The minimum absolute atomic E-state index is 0.544. The standard InChI is InChI=1S/C24H41N9/c25-22-18-28-24(29-23(22)32-14-5-2-6-15-32)27-17-21-19-33(31-30-21)16-8-13-26-12-7-11-20-9-3-1-4-10-20/h18-20,26H,1-17,25H2,(H,27,28,29). The number of hydrogen-bond acceptors (Lipinski definition) is 8. The first-order valence-electron chi connectivity index (χ1n) is 13.0. The van der Waals surface area contributed by atoms with E-state index >= 15 is 0 Å². The van der Waals surface area contributed by atoms with Crippen molar-refractivity contribution in [2.75, 3.05) is 42.1 Å². The Morgan fingerprint density at radius 1 is 1.00 bits per heavy atom. The number of nitrogen functional groups attached to an aromatic ring is 1. The van der Waals surface area contributed by atoms with Crippen molar-refractivity contribution in [2.24, 2.45) is 5.92 Å². The van der Waals surface area contributed by atoms with Crippen molar-refractivity contribution in [3.05, 3.63) is 18.1 Å². The number of nitrogens with zero attached hydrogens (tertiary/aromatic N) is 6. The van der Waals surface area contributed by atoms with Gasteiger partial charge < -0.3 is 21.3 Å². The third kappa shape index (κ3) is 7.55. The van der Waals surface area contributed by atoms with Crippen LogP contribution in [0.15, 0.2) is 12.4 Å². The molecule has 0 unspecified atom stereocenters. The van der Waals surface area contributed by atoms with Gasteiger partial charge in [0.1, 0.15) is 5.69 Å². The molecule has 182 valence electrons. The van der Waals surface area contributed by atoms with E-state index in [1.54, 1.807) is 6.20 Å². The molecule has 1 aliphatic carbocycles. The summed E-state index contributed by atoms with van der Waals surface area (Å²) in [6, 6.07) is 0. The number of aryl methyl sites for hydroxylation is 1. The Balaban J connectivity index is 1.12. The van der Waals surface area contributed by atoms with Gasteiger partial charge in [-0.3, -0.25) is 4.68 Å². The second-order valence-electron chi connectivity index (χ2n) is 9.60. The lowest BCUT2D eigenvalue weighted by molar-refractivity contribution is 0.330. The van der Waals surface area contributed by atoms with Crippen molar-refractivity contribution in [3.8, 4) is 0 Å². The molecule has 3 heterocycles. The van der Waals surface area contributed by atoms with Gasteiger partial charge in [-0.2, -0.15) is 4.98 Å². The number of aromatic nitrogens is 5. The van der Waals surface area contributed by atoms with E-state index in [4.69, 9.17) is 5.73 Å². The lowest BCUT2D eigenvalue weighted by Gasteiger charge is -2.28. The summed E-state index contributed by atoms with van der Waals surface area (Å²) in [5, 5.41) is 15.4. The maximum Gasteiger partial charge on any atom is 0.225 e. The molecule has 0 atom stereocenters. The maximum atomic E-state index is 6.12. The van der Waals surface area contributed by atoms with E-state index in [0.29, 0.717) is 18.2 Å². The fourth-order valence-corrected chi connectivity index (χ4v) is 5.01. The molecule has 0 bridgehead atoms. The summed E-state index contributed by atoms with van der Waals surface area (Å²) in [6.07, 6.45) is 18.3. The van der Waals surface area contributed by atoms with Crippen LogP contribution in [-0.4, -0.2) is 51.1 Å². The summed E-state index contributed by atoms with van der Waals surface area (Å²) in [6.45, 7) is 5.58. The van der Waals surface area contributed by atoms with Crippen LogP contribution in [0.2, 0.25) is 0 Å². The summed E-state index contributed by atoms with van der Waals surface area (Å²) >= 11 is 0. The van der Waals surface area contributed by atoms with E-state index < -0.39 is 0 Å². The zero-order chi connectivity index (χ0) is 22.7. The van der Waals surface area contributed by atoms with Crippen LogP contribution in [0, 0.1) is 5.92 Å². The van der Waals surface area contributed by atoms with Gasteiger partial charge in [-0.15, -0.1) is 5.10 Å². The van der Waals surface area contributed by atoms with Crippen LogP contribution >= 0.6 is 0 Å². The Kier molecular flexibility index (Phi) is 9.15. The van der Waals surface area contributed by atoms with Crippen molar-refractivity contribution >= 4 is 17.5 Å². The molecule has 2 aromatic rings. The van der Waals surface area contributed by atoms with Gasteiger partial charge in [0, 0.05) is 19.6 Å². The first-order valence-corrected chi connectivity index (χ1v) is 13.0. The number of anilines is 3. The van der Waals surface area contributed by atoms with Gasteiger partial charge >= 0.3 is 0 Å². The van der Waals surface area contributed by atoms with Crippen LogP contribution in [-0.2, 0) is 13.1 Å². The SMILES string of the molecule is Nc1cnc(NCc2cn(CCCNCCCC3CCCCC3)nn2)nc1N1CCCCC1. The van der Waals surface area contributed by atoms with E-state index in [2.05, 4.69) is 35.8 Å². The topological polar surface area (TPSA) is 110 Å². The molecule has 0 amide bonds. The Bertz CT molecular complexity index is 825. The van der Waals surface area contributed by atoms with Crippen molar-refractivity contribution in [3.63, 3.8) is 0 Å². The number of piperidine rings is 1. The van der Waals surface area contributed by atoms with Crippen LogP contribution in [0.4, 0.5) is 17.5 Å². The van der Waals surface area contributed by atoms with Gasteiger partial charge in [-0.1, -0.05) is 37.3 Å². The second kappa shape index (κ2) is 12.7. The molecule has 0 spiro atoms. The summed E-state index contributed by atoms with van der Waals surface area (Å²) in [5.74, 6) is 2.40. The molecule has 4 rings (SSSR count). The minimum atomic E-state index is 0.544.